The molecular formula is C11H17FN2O2S. The molecule has 0 unspecified atom stereocenters. The van der Waals surface area contributed by atoms with Crippen LogP contribution in [0.3, 0.4) is 0 Å². The molecule has 96 valence electrons. The first-order valence-electron chi connectivity index (χ1n) is 5.25. The number of hydrogen-bond acceptors (Lipinski definition) is 3. The first kappa shape index (κ1) is 14.1. The van der Waals surface area contributed by atoms with Gasteiger partial charge in [-0.2, -0.15) is 0 Å². The summed E-state index contributed by atoms with van der Waals surface area (Å²) in [4.78, 5) is 1.89. The van der Waals surface area contributed by atoms with Gasteiger partial charge in [-0.05, 0) is 31.8 Å². The Morgan fingerprint density at radius 2 is 1.82 bits per heavy atom. The molecule has 0 atom stereocenters. The van der Waals surface area contributed by atoms with Crippen LogP contribution in [0.25, 0.3) is 0 Å². The molecule has 0 aromatic heterocycles. The second-order valence-electron chi connectivity index (χ2n) is 4.08. The van der Waals surface area contributed by atoms with Crippen LogP contribution in [-0.2, 0) is 15.8 Å². The summed E-state index contributed by atoms with van der Waals surface area (Å²) in [5.41, 5.74) is 0.573. The number of rotatable bonds is 6. The van der Waals surface area contributed by atoms with Crippen LogP contribution in [0.1, 0.15) is 5.56 Å². The minimum atomic E-state index is -3.34. The van der Waals surface area contributed by atoms with Gasteiger partial charge in [0.15, 0.2) is 0 Å². The van der Waals surface area contributed by atoms with Crippen molar-refractivity contribution in [2.24, 2.45) is 0 Å². The fourth-order valence-electron chi connectivity index (χ4n) is 1.28. The van der Waals surface area contributed by atoms with Gasteiger partial charge in [0.25, 0.3) is 0 Å². The van der Waals surface area contributed by atoms with E-state index >= 15 is 0 Å². The lowest BCUT2D eigenvalue weighted by atomic mass is 10.2. The third-order valence-corrected chi connectivity index (χ3v) is 3.51. The van der Waals surface area contributed by atoms with Crippen molar-refractivity contribution in [3.63, 3.8) is 0 Å². The average molecular weight is 260 g/mol. The first-order valence-corrected chi connectivity index (χ1v) is 6.91. The smallest absolute Gasteiger partial charge is 0.215 e. The number of nitrogens with zero attached hydrogens (tertiary/aromatic N) is 1. The Kier molecular flexibility index (Phi) is 5.04. The van der Waals surface area contributed by atoms with Crippen molar-refractivity contribution >= 4 is 10.0 Å². The normalized spacial score (nSPS) is 12.0. The average Bonchev–Trinajstić information content (AvgIpc) is 2.20. The van der Waals surface area contributed by atoms with Crippen LogP contribution < -0.4 is 4.72 Å². The van der Waals surface area contributed by atoms with E-state index < -0.39 is 10.0 Å². The van der Waals surface area contributed by atoms with Crippen molar-refractivity contribution < 1.29 is 12.8 Å². The van der Waals surface area contributed by atoms with Gasteiger partial charge < -0.3 is 4.90 Å². The third kappa shape index (κ3) is 5.76. The zero-order chi connectivity index (χ0) is 12.9. The molecule has 0 saturated carbocycles. The summed E-state index contributed by atoms with van der Waals surface area (Å²) in [6.45, 7) is 1.01. The van der Waals surface area contributed by atoms with Crippen LogP contribution in [-0.4, -0.2) is 40.5 Å². The third-order valence-electron chi connectivity index (χ3n) is 2.15. The molecule has 1 aromatic carbocycles. The van der Waals surface area contributed by atoms with Gasteiger partial charge in [0.2, 0.25) is 10.0 Å². The maximum absolute atomic E-state index is 12.6. The quantitative estimate of drug-likeness (QED) is 0.823. The number of benzene rings is 1. The Bertz CT molecular complexity index is 443. The Morgan fingerprint density at radius 1 is 1.24 bits per heavy atom. The van der Waals surface area contributed by atoms with Gasteiger partial charge in [-0.15, -0.1) is 0 Å². The molecule has 17 heavy (non-hydrogen) atoms. The molecule has 1 N–H and O–H groups in total. The van der Waals surface area contributed by atoms with E-state index in [2.05, 4.69) is 4.72 Å². The van der Waals surface area contributed by atoms with E-state index in [1.54, 1.807) is 0 Å². The molecule has 0 amide bonds. The van der Waals surface area contributed by atoms with Gasteiger partial charge in [0.05, 0.1) is 5.75 Å². The van der Waals surface area contributed by atoms with E-state index in [0.717, 1.165) is 0 Å². The van der Waals surface area contributed by atoms with Gasteiger partial charge >= 0.3 is 0 Å². The number of sulfonamides is 1. The predicted molar refractivity (Wildman–Crippen MR) is 65.6 cm³/mol. The maximum atomic E-state index is 12.6. The molecule has 0 spiro atoms. The Balaban J connectivity index is 2.52. The Hall–Kier alpha value is -0.980. The lowest BCUT2D eigenvalue weighted by Gasteiger charge is -2.10. The molecule has 6 heteroatoms. The predicted octanol–water partition coefficient (Wildman–Crippen LogP) is 0.807. The Morgan fingerprint density at radius 3 is 2.35 bits per heavy atom. The van der Waals surface area contributed by atoms with Crippen molar-refractivity contribution in [3.05, 3.63) is 35.6 Å². The van der Waals surface area contributed by atoms with E-state index in [1.165, 1.54) is 24.3 Å². The molecule has 0 bridgehead atoms. The van der Waals surface area contributed by atoms with E-state index in [0.29, 0.717) is 18.7 Å². The number of hydrogen-bond donors (Lipinski definition) is 1. The van der Waals surface area contributed by atoms with Gasteiger partial charge in [-0.3, -0.25) is 0 Å². The molecule has 0 heterocycles. The van der Waals surface area contributed by atoms with Crippen LogP contribution in [0, 0.1) is 5.82 Å². The molecule has 1 rings (SSSR count). The molecule has 0 saturated heterocycles. The fourth-order valence-corrected chi connectivity index (χ4v) is 2.41. The van der Waals surface area contributed by atoms with Gasteiger partial charge in [-0.25, -0.2) is 17.5 Å². The zero-order valence-corrected chi connectivity index (χ0v) is 10.8. The van der Waals surface area contributed by atoms with Crippen LogP contribution in [0.5, 0.6) is 0 Å². The van der Waals surface area contributed by atoms with Crippen LogP contribution in [0.4, 0.5) is 4.39 Å². The zero-order valence-electron chi connectivity index (χ0n) is 9.98. The first-order chi connectivity index (χ1) is 7.89. The molecule has 0 fully saturated rings. The van der Waals surface area contributed by atoms with E-state index in [-0.39, 0.29) is 11.6 Å². The summed E-state index contributed by atoms with van der Waals surface area (Å²) in [6.07, 6.45) is 0. The molecule has 0 aliphatic rings. The lowest BCUT2D eigenvalue weighted by molar-refractivity contribution is 0.412. The van der Waals surface area contributed by atoms with Gasteiger partial charge in [-0.1, -0.05) is 12.1 Å². The Labute approximate surface area is 101 Å². The summed E-state index contributed by atoms with van der Waals surface area (Å²) in [5, 5.41) is 0. The van der Waals surface area contributed by atoms with Crippen LogP contribution in [0.2, 0.25) is 0 Å². The second kappa shape index (κ2) is 6.09. The minimum Gasteiger partial charge on any atom is -0.308 e. The monoisotopic (exact) mass is 260 g/mol. The summed E-state index contributed by atoms with van der Waals surface area (Å²) in [7, 11) is 0.396. The topological polar surface area (TPSA) is 49.4 Å². The number of halogens is 1. The number of nitrogens with one attached hydrogen (secondary N) is 1. The highest BCUT2D eigenvalue weighted by Crippen LogP contribution is 2.06. The van der Waals surface area contributed by atoms with Crippen molar-refractivity contribution in [1.82, 2.24) is 9.62 Å². The van der Waals surface area contributed by atoms with Crippen molar-refractivity contribution in [1.29, 1.82) is 0 Å². The SMILES string of the molecule is CN(C)CCNS(=O)(=O)Cc1ccc(F)cc1. The maximum Gasteiger partial charge on any atom is 0.215 e. The molecule has 0 radical (unpaired) electrons. The van der Waals surface area contributed by atoms with Crippen LogP contribution in [0.15, 0.2) is 24.3 Å². The number of likely N-dealkylation sites (N-methyl/N-ethyl adjacent to an activating group) is 1. The second-order valence-corrected chi connectivity index (χ2v) is 5.89. The lowest BCUT2D eigenvalue weighted by Crippen LogP contribution is -2.32. The highest BCUT2D eigenvalue weighted by molar-refractivity contribution is 7.88. The van der Waals surface area contributed by atoms with Crippen molar-refractivity contribution in [2.45, 2.75) is 5.75 Å². The summed E-state index contributed by atoms with van der Waals surface area (Å²) >= 11 is 0. The largest absolute Gasteiger partial charge is 0.308 e. The van der Waals surface area contributed by atoms with Crippen molar-refractivity contribution in [2.75, 3.05) is 27.2 Å². The fraction of sp³-hybridized carbons (Fsp3) is 0.455. The van der Waals surface area contributed by atoms with E-state index in [9.17, 15) is 12.8 Å². The van der Waals surface area contributed by atoms with Crippen molar-refractivity contribution in [3.8, 4) is 0 Å². The highest BCUT2D eigenvalue weighted by atomic mass is 32.2. The summed E-state index contributed by atoms with van der Waals surface area (Å²) in [5.74, 6) is -0.493. The van der Waals surface area contributed by atoms with Gasteiger partial charge in [0.1, 0.15) is 5.82 Å². The summed E-state index contributed by atoms with van der Waals surface area (Å²) in [6, 6.07) is 5.45. The van der Waals surface area contributed by atoms with E-state index in [1.807, 2.05) is 19.0 Å². The molecule has 4 nitrogen and oxygen atoms in total. The minimum absolute atomic E-state index is 0.124. The van der Waals surface area contributed by atoms with Gasteiger partial charge in [0, 0.05) is 13.1 Å². The molecule has 0 aliphatic carbocycles. The molecule has 1 aromatic rings. The van der Waals surface area contributed by atoms with E-state index in [4.69, 9.17) is 0 Å². The highest BCUT2D eigenvalue weighted by Gasteiger charge is 2.10. The summed E-state index contributed by atoms with van der Waals surface area (Å²) < 4.78 is 38.4. The molecule has 0 aliphatic heterocycles. The molecular weight excluding hydrogens is 243 g/mol. The van der Waals surface area contributed by atoms with Crippen LogP contribution >= 0.6 is 0 Å². The standard InChI is InChI=1S/C11H17FN2O2S/c1-14(2)8-7-13-17(15,16)9-10-3-5-11(12)6-4-10/h3-6,13H,7-9H2,1-2H3.